The fourth-order valence-electron chi connectivity index (χ4n) is 4.63. The second-order valence-corrected chi connectivity index (χ2v) is 8.92. The van der Waals surface area contributed by atoms with Gasteiger partial charge in [-0.1, -0.05) is 60.7 Å². The quantitative estimate of drug-likeness (QED) is 0.633. The highest BCUT2D eigenvalue weighted by Crippen LogP contribution is 2.47. The number of carbonyl (C=O) groups is 2. The lowest BCUT2D eigenvalue weighted by Gasteiger charge is -2.45. The number of aliphatic hydroxyl groups is 2. The van der Waals surface area contributed by atoms with Gasteiger partial charge in [-0.05, 0) is 36.8 Å². The minimum absolute atomic E-state index is 0.0160. The minimum Gasteiger partial charge on any atom is -0.382 e. The first kappa shape index (κ1) is 22.5. The minimum atomic E-state index is -1.73. The van der Waals surface area contributed by atoms with Gasteiger partial charge in [0.05, 0.1) is 0 Å². The molecule has 32 heavy (non-hydrogen) atoms. The van der Waals surface area contributed by atoms with Crippen molar-refractivity contribution in [3.8, 4) is 0 Å². The lowest BCUT2D eigenvalue weighted by atomic mass is 9.68. The average molecular weight is 437 g/mol. The molecule has 6 heteroatoms. The van der Waals surface area contributed by atoms with Crippen LogP contribution in [0.3, 0.4) is 0 Å². The van der Waals surface area contributed by atoms with E-state index < -0.39 is 11.2 Å². The molecule has 0 radical (unpaired) electrons. The van der Waals surface area contributed by atoms with Crippen molar-refractivity contribution in [3.05, 3.63) is 71.8 Å². The molecule has 2 aromatic rings. The highest BCUT2D eigenvalue weighted by atomic mass is 16.4. The maximum Gasteiger partial charge on any atom is 0.222 e. The highest BCUT2D eigenvalue weighted by Gasteiger charge is 2.51. The number of likely N-dealkylation sites (tertiary alicyclic amines) is 2. The predicted molar refractivity (Wildman–Crippen MR) is 122 cm³/mol. The van der Waals surface area contributed by atoms with Crippen molar-refractivity contribution in [2.45, 2.75) is 49.7 Å². The molecule has 0 spiro atoms. The monoisotopic (exact) mass is 436 g/mol. The van der Waals surface area contributed by atoms with Crippen molar-refractivity contribution < 1.29 is 19.8 Å². The third-order valence-corrected chi connectivity index (χ3v) is 7.01. The predicted octanol–water partition coefficient (Wildman–Crippen LogP) is 2.79. The van der Waals surface area contributed by atoms with Crippen LogP contribution < -0.4 is 0 Å². The lowest BCUT2D eigenvalue weighted by molar-refractivity contribution is -0.180. The van der Waals surface area contributed by atoms with Gasteiger partial charge in [0.1, 0.15) is 11.2 Å². The van der Waals surface area contributed by atoms with E-state index in [4.69, 9.17) is 0 Å². The first-order valence-corrected chi connectivity index (χ1v) is 11.6. The van der Waals surface area contributed by atoms with E-state index in [2.05, 4.69) is 0 Å². The number of hydrogen-bond acceptors (Lipinski definition) is 4. The Balaban J connectivity index is 1.68. The van der Waals surface area contributed by atoms with Crippen molar-refractivity contribution >= 4 is 11.8 Å². The van der Waals surface area contributed by atoms with E-state index in [0.29, 0.717) is 11.1 Å². The SMILES string of the molecule is O=C(CC[C@](O)(c1ccccc1)[C@](O)(CCC(=O)N1CCC1)c1ccccc1)N1CCC1. The normalized spacial score (nSPS) is 19.3. The number of nitrogens with zero attached hydrogens (tertiary/aromatic N) is 2. The fraction of sp³-hybridized carbons (Fsp3) is 0.462. The van der Waals surface area contributed by atoms with Gasteiger partial charge in [-0.3, -0.25) is 9.59 Å². The van der Waals surface area contributed by atoms with E-state index in [1.165, 1.54) is 0 Å². The zero-order valence-electron chi connectivity index (χ0n) is 18.4. The summed E-state index contributed by atoms with van der Waals surface area (Å²) in [4.78, 5) is 28.8. The largest absolute Gasteiger partial charge is 0.382 e. The molecule has 2 N–H and O–H groups in total. The van der Waals surface area contributed by atoms with E-state index in [1.807, 2.05) is 36.4 Å². The molecule has 0 bridgehead atoms. The summed E-state index contributed by atoms with van der Waals surface area (Å²) in [5.74, 6) is -0.0321. The van der Waals surface area contributed by atoms with Gasteiger partial charge in [-0.25, -0.2) is 0 Å². The van der Waals surface area contributed by atoms with Crippen LogP contribution in [-0.4, -0.2) is 58.0 Å². The fourth-order valence-corrected chi connectivity index (χ4v) is 4.63. The highest BCUT2D eigenvalue weighted by molar-refractivity contribution is 5.77. The summed E-state index contributed by atoms with van der Waals surface area (Å²) in [6, 6.07) is 18.1. The Morgan fingerprint density at radius 2 is 1.00 bits per heavy atom. The molecule has 0 aromatic heterocycles. The van der Waals surface area contributed by atoms with Gasteiger partial charge in [0, 0.05) is 39.0 Å². The molecule has 0 aliphatic carbocycles. The first-order valence-electron chi connectivity index (χ1n) is 11.6. The van der Waals surface area contributed by atoms with Crippen molar-refractivity contribution in [1.82, 2.24) is 9.80 Å². The molecule has 0 unspecified atom stereocenters. The van der Waals surface area contributed by atoms with Crippen LogP contribution in [0.4, 0.5) is 0 Å². The van der Waals surface area contributed by atoms with E-state index in [0.717, 1.165) is 39.0 Å². The van der Waals surface area contributed by atoms with E-state index in [9.17, 15) is 19.8 Å². The smallest absolute Gasteiger partial charge is 0.222 e. The van der Waals surface area contributed by atoms with Crippen LogP contribution in [0.5, 0.6) is 0 Å². The van der Waals surface area contributed by atoms with Crippen LogP contribution in [0, 0.1) is 0 Å². The molecule has 2 heterocycles. The van der Waals surface area contributed by atoms with Crippen LogP contribution in [0.15, 0.2) is 60.7 Å². The summed E-state index contributed by atoms with van der Waals surface area (Å²) < 4.78 is 0. The van der Waals surface area contributed by atoms with Crippen molar-refractivity contribution in [1.29, 1.82) is 0 Å². The molecular weight excluding hydrogens is 404 g/mol. The standard InChI is InChI=1S/C26H32N2O4/c29-23(27-17-7-18-27)13-15-25(31,21-9-3-1-4-10-21)26(32,22-11-5-2-6-12-22)16-14-24(30)28-19-8-20-28/h1-6,9-12,31-32H,7-8,13-20H2/t25-,26-/m0/s1. The molecular formula is C26H32N2O4. The van der Waals surface area contributed by atoms with Crippen molar-refractivity contribution in [3.63, 3.8) is 0 Å². The van der Waals surface area contributed by atoms with E-state index in [-0.39, 0.29) is 37.5 Å². The number of carbonyl (C=O) groups excluding carboxylic acids is 2. The molecule has 2 aromatic carbocycles. The van der Waals surface area contributed by atoms with Crippen LogP contribution in [0.2, 0.25) is 0 Å². The second kappa shape index (κ2) is 9.43. The third kappa shape index (κ3) is 4.30. The number of rotatable bonds is 9. The average Bonchev–Trinajstić information content (AvgIpc) is 2.74. The number of benzene rings is 2. The summed E-state index contributed by atoms with van der Waals surface area (Å²) in [7, 11) is 0. The van der Waals surface area contributed by atoms with Gasteiger partial charge in [0.15, 0.2) is 0 Å². The molecule has 6 nitrogen and oxygen atoms in total. The number of amides is 2. The Morgan fingerprint density at radius 3 is 1.28 bits per heavy atom. The zero-order valence-corrected chi connectivity index (χ0v) is 18.4. The Bertz CT molecular complexity index is 850. The van der Waals surface area contributed by atoms with Gasteiger partial charge in [-0.2, -0.15) is 0 Å². The van der Waals surface area contributed by atoms with Gasteiger partial charge in [0.2, 0.25) is 11.8 Å². The van der Waals surface area contributed by atoms with Crippen LogP contribution >= 0.6 is 0 Å². The Labute approximate surface area is 189 Å². The van der Waals surface area contributed by atoms with Crippen molar-refractivity contribution in [2.75, 3.05) is 26.2 Å². The first-order chi connectivity index (χ1) is 15.4. The molecule has 2 atom stereocenters. The van der Waals surface area contributed by atoms with E-state index in [1.54, 1.807) is 34.1 Å². The molecule has 4 rings (SSSR count). The molecule has 2 saturated heterocycles. The van der Waals surface area contributed by atoms with Gasteiger partial charge >= 0.3 is 0 Å². The van der Waals surface area contributed by atoms with Crippen molar-refractivity contribution in [2.24, 2.45) is 0 Å². The van der Waals surface area contributed by atoms with Crippen LogP contribution in [-0.2, 0) is 20.8 Å². The Morgan fingerprint density at radius 1 is 0.656 bits per heavy atom. The van der Waals surface area contributed by atoms with E-state index >= 15 is 0 Å². The Kier molecular flexibility index (Phi) is 6.63. The van der Waals surface area contributed by atoms with Gasteiger partial charge in [-0.15, -0.1) is 0 Å². The molecule has 2 aliphatic heterocycles. The molecule has 0 saturated carbocycles. The maximum atomic E-state index is 12.6. The summed E-state index contributed by atoms with van der Waals surface area (Å²) in [6.45, 7) is 2.98. The maximum absolute atomic E-state index is 12.6. The topological polar surface area (TPSA) is 81.1 Å². The Hall–Kier alpha value is -2.70. The third-order valence-electron chi connectivity index (χ3n) is 7.01. The lowest BCUT2D eigenvalue weighted by Crippen LogP contribution is -2.51. The van der Waals surface area contributed by atoms with Gasteiger partial charge < -0.3 is 20.0 Å². The second-order valence-electron chi connectivity index (χ2n) is 8.92. The molecule has 170 valence electrons. The number of hydrogen-bond donors (Lipinski definition) is 2. The van der Waals surface area contributed by atoms with Crippen LogP contribution in [0.1, 0.15) is 49.7 Å². The van der Waals surface area contributed by atoms with Gasteiger partial charge in [0.25, 0.3) is 0 Å². The summed E-state index contributed by atoms with van der Waals surface area (Å²) in [6.07, 6.45) is 2.38. The van der Waals surface area contributed by atoms with Crippen LogP contribution in [0.25, 0.3) is 0 Å². The summed E-state index contributed by atoms with van der Waals surface area (Å²) >= 11 is 0. The zero-order chi connectivity index (χ0) is 22.6. The summed E-state index contributed by atoms with van der Waals surface area (Å²) in [5.41, 5.74) is -2.38. The molecule has 2 aliphatic rings. The molecule has 2 fully saturated rings. The summed E-state index contributed by atoms with van der Waals surface area (Å²) in [5, 5.41) is 24.3. The molecule has 2 amide bonds.